The number of fused-ring (bicyclic) bond motifs is 22. The van der Waals surface area contributed by atoms with Gasteiger partial charge >= 0.3 is 0 Å². The van der Waals surface area contributed by atoms with Gasteiger partial charge in [0, 0.05) is 0 Å². The van der Waals surface area contributed by atoms with Gasteiger partial charge in [0.05, 0.1) is 66.9 Å². The molecule has 0 saturated heterocycles. The van der Waals surface area contributed by atoms with Gasteiger partial charge in [0.2, 0.25) is 0 Å². The molecule has 0 radical (unpaired) electrons. The fourth-order valence-corrected chi connectivity index (χ4v) is 11.7. The van der Waals surface area contributed by atoms with E-state index in [9.17, 15) is 0 Å². The summed E-state index contributed by atoms with van der Waals surface area (Å²) in [6.07, 6.45) is 0. The SMILES string of the molecule is c1ccc2c(c1)-n1c(nc3ccccc31)S1(c3nc4ccccc4n3-2)c2nc3ccccc3n2-c2ccccc2-n2c1nc1ccccc12. The number of benzene rings is 6. The summed E-state index contributed by atoms with van der Waals surface area (Å²) in [4.78, 5) is 22.6. The van der Waals surface area contributed by atoms with Crippen LogP contribution in [0.4, 0.5) is 0 Å². The largest absolute Gasteiger partial charge is 0.285 e. The maximum Gasteiger partial charge on any atom is 0.176 e. The Hall–Kier alpha value is -6.45. The Labute approximate surface area is 280 Å². The van der Waals surface area contributed by atoms with E-state index >= 15 is 0 Å². The van der Waals surface area contributed by atoms with Crippen molar-refractivity contribution in [2.45, 2.75) is 20.6 Å². The average Bonchev–Trinajstić information content (AvgIpc) is 3.91. The van der Waals surface area contributed by atoms with Crippen LogP contribution in [0, 0.1) is 0 Å². The van der Waals surface area contributed by atoms with Crippen LogP contribution in [-0.2, 0) is 0 Å². The van der Waals surface area contributed by atoms with Gasteiger partial charge < -0.3 is 0 Å². The van der Waals surface area contributed by atoms with E-state index in [1.54, 1.807) is 0 Å². The second kappa shape index (κ2) is 8.91. The van der Waals surface area contributed by atoms with Gasteiger partial charge in [-0.25, -0.2) is 19.9 Å². The van der Waals surface area contributed by atoms with E-state index in [-0.39, 0.29) is 0 Å². The highest BCUT2D eigenvalue weighted by Gasteiger charge is 2.53. The fourth-order valence-electron chi connectivity index (χ4n) is 7.94. The summed E-state index contributed by atoms with van der Waals surface area (Å²) in [5.74, 6) is 0. The normalized spacial score (nSPS) is 14.5. The zero-order chi connectivity index (χ0) is 31.8. The molecule has 230 valence electrons. The minimum Gasteiger partial charge on any atom is -0.285 e. The standard InChI is InChI=1S/C40H24N8S/c1-5-17-29-25(13-1)41-37-45(29)33-21-9-10-22-34(33)46-30-18-6-2-14-26(30)42-38(46)49(37)39-43-27-15-3-7-19-31(27)47(39)35-23-11-12-24-36(35)48-32-20-8-4-16-28(32)44-40(48)49/h1-24H. The van der Waals surface area contributed by atoms with E-state index in [4.69, 9.17) is 19.9 Å². The van der Waals surface area contributed by atoms with Crippen molar-refractivity contribution < 1.29 is 0 Å². The highest BCUT2D eigenvalue weighted by Crippen LogP contribution is 2.75. The molecule has 10 aromatic rings. The van der Waals surface area contributed by atoms with Crippen molar-refractivity contribution in [2.75, 3.05) is 0 Å². The second-order valence-electron chi connectivity index (χ2n) is 12.5. The number of para-hydroxylation sites is 12. The monoisotopic (exact) mass is 648 g/mol. The number of hydrogen-bond acceptors (Lipinski definition) is 4. The van der Waals surface area contributed by atoms with Gasteiger partial charge in [-0.15, -0.1) is 0 Å². The number of nitrogens with zero attached hydrogens (tertiary/aromatic N) is 8. The molecule has 0 amide bonds. The summed E-state index contributed by atoms with van der Waals surface area (Å²) >= 11 is 0. The topological polar surface area (TPSA) is 71.3 Å². The number of rotatable bonds is 0. The van der Waals surface area contributed by atoms with Gasteiger partial charge in [-0.05, 0) is 82.8 Å². The van der Waals surface area contributed by atoms with Crippen molar-refractivity contribution in [1.29, 1.82) is 0 Å². The molecule has 0 atom stereocenters. The lowest BCUT2D eigenvalue weighted by atomic mass is 10.2. The quantitative estimate of drug-likeness (QED) is 0.165. The van der Waals surface area contributed by atoms with E-state index in [2.05, 4.69) is 164 Å². The Balaban J connectivity index is 1.44. The van der Waals surface area contributed by atoms with Gasteiger partial charge in [-0.1, -0.05) is 72.8 Å². The van der Waals surface area contributed by atoms with Crippen LogP contribution < -0.4 is 0 Å². The molecule has 6 heterocycles. The number of hydrogen-bond donors (Lipinski definition) is 0. The molecule has 0 N–H and O–H groups in total. The molecular formula is C40H24N8S. The van der Waals surface area contributed by atoms with Gasteiger partial charge in [-0.2, -0.15) is 0 Å². The molecule has 0 fully saturated rings. The van der Waals surface area contributed by atoms with Crippen molar-refractivity contribution in [1.82, 2.24) is 38.2 Å². The maximum atomic E-state index is 5.64. The molecule has 2 aliphatic heterocycles. The number of aromatic nitrogens is 8. The second-order valence-corrected chi connectivity index (χ2v) is 15.1. The average molecular weight is 649 g/mol. The summed E-state index contributed by atoms with van der Waals surface area (Å²) in [6.45, 7) is 0. The zero-order valence-corrected chi connectivity index (χ0v) is 26.7. The van der Waals surface area contributed by atoms with Crippen LogP contribution in [-0.4, -0.2) is 38.2 Å². The van der Waals surface area contributed by atoms with E-state index < -0.39 is 10.0 Å². The summed E-state index contributed by atoms with van der Waals surface area (Å²) in [5.41, 5.74) is 11.9. The molecule has 0 aliphatic carbocycles. The maximum absolute atomic E-state index is 5.64. The Morgan fingerprint density at radius 2 is 0.510 bits per heavy atom. The summed E-state index contributed by atoms with van der Waals surface area (Å²) in [5, 5.41) is 3.49. The van der Waals surface area contributed by atoms with Crippen LogP contribution in [0.2, 0.25) is 0 Å². The molecule has 49 heavy (non-hydrogen) atoms. The van der Waals surface area contributed by atoms with Crippen molar-refractivity contribution in [2.24, 2.45) is 0 Å². The van der Waals surface area contributed by atoms with E-state index in [1.165, 1.54) is 0 Å². The highest BCUT2D eigenvalue weighted by molar-refractivity contribution is 8.33. The van der Waals surface area contributed by atoms with Gasteiger partial charge in [0.1, 0.15) is 0 Å². The molecule has 0 unspecified atom stereocenters. The first-order valence-corrected chi connectivity index (χ1v) is 17.9. The third-order valence-corrected chi connectivity index (χ3v) is 13.2. The van der Waals surface area contributed by atoms with Crippen LogP contribution in [0.1, 0.15) is 0 Å². The smallest absolute Gasteiger partial charge is 0.176 e. The first kappa shape index (κ1) is 25.6. The van der Waals surface area contributed by atoms with E-state index in [0.717, 1.165) is 87.5 Å². The molecule has 0 bridgehead atoms. The van der Waals surface area contributed by atoms with Crippen molar-refractivity contribution in [3.63, 3.8) is 0 Å². The lowest BCUT2D eigenvalue weighted by Crippen LogP contribution is -2.17. The van der Waals surface area contributed by atoms with Crippen molar-refractivity contribution in [3.05, 3.63) is 146 Å². The molecule has 6 aromatic carbocycles. The fraction of sp³-hybridized carbons (Fsp3) is 0. The van der Waals surface area contributed by atoms with Gasteiger partial charge in [0.25, 0.3) is 0 Å². The summed E-state index contributed by atoms with van der Waals surface area (Å²) in [7, 11) is -2.68. The van der Waals surface area contributed by atoms with Crippen LogP contribution in [0.5, 0.6) is 0 Å². The molecule has 8 nitrogen and oxygen atoms in total. The summed E-state index contributed by atoms with van der Waals surface area (Å²) in [6, 6.07) is 50.9. The molecule has 1 spiro atoms. The lowest BCUT2D eigenvalue weighted by Gasteiger charge is -2.34. The summed E-state index contributed by atoms with van der Waals surface area (Å²) < 4.78 is 9.42. The Bertz CT molecular complexity index is 2620. The van der Waals surface area contributed by atoms with Crippen LogP contribution in [0.15, 0.2) is 166 Å². The molecule has 12 rings (SSSR count). The van der Waals surface area contributed by atoms with E-state index in [0.29, 0.717) is 0 Å². The van der Waals surface area contributed by atoms with Crippen molar-refractivity contribution >= 4 is 54.2 Å². The number of imidazole rings is 4. The lowest BCUT2D eigenvalue weighted by molar-refractivity contribution is 0.823. The third-order valence-electron chi connectivity index (χ3n) is 9.94. The van der Waals surface area contributed by atoms with Gasteiger partial charge in [-0.3, -0.25) is 18.3 Å². The van der Waals surface area contributed by atoms with Crippen LogP contribution in [0.25, 0.3) is 66.9 Å². The van der Waals surface area contributed by atoms with Gasteiger partial charge in [0.15, 0.2) is 20.6 Å². The zero-order valence-electron chi connectivity index (χ0n) is 25.8. The Morgan fingerprint density at radius 1 is 0.286 bits per heavy atom. The van der Waals surface area contributed by atoms with Crippen LogP contribution in [0.3, 0.4) is 0 Å². The predicted octanol–water partition coefficient (Wildman–Crippen LogP) is 9.01. The first-order valence-electron chi connectivity index (χ1n) is 16.3. The molecule has 4 aromatic heterocycles. The van der Waals surface area contributed by atoms with Crippen LogP contribution >= 0.6 is 10.0 Å². The van der Waals surface area contributed by atoms with E-state index in [1.807, 2.05) is 0 Å². The molecular weight excluding hydrogens is 625 g/mol. The minimum atomic E-state index is -2.68. The molecule has 9 heteroatoms. The van der Waals surface area contributed by atoms with Crippen molar-refractivity contribution in [3.8, 4) is 22.7 Å². The molecule has 2 aliphatic rings. The minimum absolute atomic E-state index is 0.871. The first-order chi connectivity index (χ1) is 24.3. The Morgan fingerprint density at radius 3 is 0.776 bits per heavy atom. The predicted molar refractivity (Wildman–Crippen MR) is 192 cm³/mol. The Kier molecular flexibility index (Phi) is 4.66. The molecule has 0 saturated carbocycles. The highest BCUT2D eigenvalue weighted by atomic mass is 32.3. The third kappa shape index (κ3) is 2.99.